The number of hydrogen-bond acceptors (Lipinski definition) is 4. The molecule has 0 spiro atoms. The highest BCUT2D eigenvalue weighted by molar-refractivity contribution is 5.41. The summed E-state index contributed by atoms with van der Waals surface area (Å²) in [5.74, 6) is 0.612. The Bertz CT molecular complexity index is 653. The molecular weight excluding hydrogens is 302 g/mol. The van der Waals surface area contributed by atoms with E-state index in [1.54, 1.807) is 12.1 Å². The molecule has 1 atom stereocenters. The van der Waals surface area contributed by atoms with Gasteiger partial charge in [0.05, 0.1) is 13.7 Å². The van der Waals surface area contributed by atoms with Crippen molar-refractivity contribution in [3.8, 4) is 11.5 Å². The number of aliphatic hydroxyl groups excluding tert-OH is 1. The van der Waals surface area contributed by atoms with Gasteiger partial charge in [-0.2, -0.15) is 0 Å². The summed E-state index contributed by atoms with van der Waals surface area (Å²) in [6, 6.07) is 13.8. The Morgan fingerprint density at radius 1 is 1.12 bits per heavy atom. The number of aryl methyl sites for hydroxylation is 1. The van der Waals surface area contributed by atoms with E-state index in [0.717, 1.165) is 18.5 Å². The van der Waals surface area contributed by atoms with E-state index >= 15 is 0 Å². The molecule has 4 heteroatoms. The molecule has 0 saturated carbocycles. The third-order valence-electron chi connectivity index (χ3n) is 4.46. The third kappa shape index (κ3) is 4.49. The topological polar surface area (TPSA) is 52.9 Å². The lowest BCUT2D eigenvalue weighted by Gasteiger charge is -2.30. The van der Waals surface area contributed by atoms with E-state index in [1.807, 2.05) is 18.2 Å². The fourth-order valence-corrected chi connectivity index (χ4v) is 2.89. The molecule has 0 bridgehead atoms. The molecule has 2 aromatic carbocycles. The number of nitrogens with zero attached hydrogens (tertiary/aromatic N) is 1. The van der Waals surface area contributed by atoms with Crippen molar-refractivity contribution in [1.29, 1.82) is 0 Å². The largest absolute Gasteiger partial charge is 0.504 e. The minimum atomic E-state index is 0.0776. The average Bonchev–Trinajstić information content (AvgIpc) is 2.58. The van der Waals surface area contributed by atoms with Gasteiger partial charge in [0.15, 0.2) is 11.5 Å². The van der Waals surface area contributed by atoms with Crippen LogP contribution < -0.4 is 4.74 Å². The summed E-state index contributed by atoms with van der Waals surface area (Å²) in [5.41, 5.74) is 3.49. The molecule has 0 heterocycles. The van der Waals surface area contributed by atoms with Crippen LogP contribution in [0.1, 0.15) is 30.0 Å². The Kier molecular flexibility index (Phi) is 6.64. The van der Waals surface area contributed by atoms with Gasteiger partial charge in [0.1, 0.15) is 0 Å². The van der Waals surface area contributed by atoms with Gasteiger partial charge in [0.2, 0.25) is 0 Å². The molecule has 0 unspecified atom stereocenters. The maximum absolute atomic E-state index is 10.00. The van der Waals surface area contributed by atoms with Crippen LogP contribution in [0.3, 0.4) is 0 Å². The molecule has 4 nitrogen and oxygen atoms in total. The predicted octanol–water partition coefficient (Wildman–Crippen LogP) is 3.48. The highest BCUT2D eigenvalue weighted by Crippen LogP contribution is 2.27. The summed E-state index contributed by atoms with van der Waals surface area (Å²) in [4.78, 5) is 2.25. The van der Waals surface area contributed by atoms with Crippen molar-refractivity contribution in [3.05, 3.63) is 59.2 Å². The zero-order chi connectivity index (χ0) is 17.5. The van der Waals surface area contributed by atoms with Crippen molar-refractivity contribution in [3.63, 3.8) is 0 Å². The molecule has 130 valence electrons. The van der Waals surface area contributed by atoms with Gasteiger partial charge in [-0.3, -0.25) is 4.90 Å². The van der Waals surface area contributed by atoms with E-state index in [4.69, 9.17) is 4.74 Å². The third-order valence-corrected chi connectivity index (χ3v) is 4.46. The summed E-state index contributed by atoms with van der Waals surface area (Å²) in [5, 5.41) is 19.7. The van der Waals surface area contributed by atoms with Crippen molar-refractivity contribution in [2.24, 2.45) is 0 Å². The molecule has 0 aliphatic carbocycles. The zero-order valence-electron chi connectivity index (χ0n) is 14.7. The fraction of sp³-hybridized carbons (Fsp3) is 0.400. The van der Waals surface area contributed by atoms with Crippen molar-refractivity contribution < 1.29 is 14.9 Å². The second-order valence-electron chi connectivity index (χ2n) is 6.08. The van der Waals surface area contributed by atoms with Gasteiger partial charge >= 0.3 is 0 Å². The standard InChI is InChI=1S/C20H27NO3/c1-4-18(14-22)21(13-17-8-6-5-7-15(17)2)12-16-9-10-20(24-3)19(23)11-16/h5-11,18,22-23H,4,12-14H2,1-3H3/t18-/m1/s1. The fourth-order valence-electron chi connectivity index (χ4n) is 2.89. The summed E-state index contributed by atoms with van der Waals surface area (Å²) < 4.78 is 5.10. The molecule has 2 aromatic rings. The first-order chi connectivity index (χ1) is 11.6. The maximum Gasteiger partial charge on any atom is 0.160 e. The zero-order valence-corrected chi connectivity index (χ0v) is 14.7. The van der Waals surface area contributed by atoms with Crippen LogP contribution in [0.25, 0.3) is 0 Å². The Labute approximate surface area is 144 Å². The molecule has 0 aromatic heterocycles. The first-order valence-electron chi connectivity index (χ1n) is 8.34. The molecule has 0 fully saturated rings. The first kappa shape index (κ1) is 18.3. The molecule has 0 aliphatic heterocycles. The van der Waals surface area contributed by atoms with Gasteiger partial charge < -0.3 is 14.9 Å². The predicted molar refractivity (Wildman–Crippen MR) is 96.2 cm³/mol. The van der Waals surface area contributed by atoms with Gasteiger partial charge in [-0.15, -0.1) is 0 Å². The lowest BCUT2D eigenvalue weighted by Crippen LogP contribution is -2.36. The molecule has 0 radical (unpaired) electrons. The number of ether oxygens (including phenoxy) is 1. The molecule has 0 saturated heterocycles. The van der Waals surface area contributed by atoms with Crippen molar-refractivity contribution in [2.45, 2.75) is 39.4 Å². The smallest absolute Gasteiger partial charge is 0.160 e. The second kappa shape index (κ2) is 8.71. The Balaban J connectivity index is 2.23. The number of phenolic OH excluding ortho intramolecular Hbond substituents is 1. The van der Waals surface area contributed by atoms with Gasteiger partial charge in [0, 0.05) is 19.1 Å². The second-order valence-corrected chi connectivity index (χ2v) is 6.08. The Morgan fingerprint density at radius 2 is 1.88 bits per heavy atom. The molecular formula is C20H27NO3. The molecule has 2 rings (SSSR count). The average molecular weight is 329 g/mol. The van der Waals surface area contributed by atoms with Crippen LogP contribution in [0.4, 0.5) is 0 Å². The van der Waals surface area contributed by atoms with Gasteiger partial charge in [-0.25, -0.2) is 0 Å². The Hall–Kier alpha value is -2.04. The normalized spacial score (nSPS) is 12.4. The van der Waals surface area contributed by atoms with Gasteiger partial charge in [0.25, 0.3) is 0 Å². The highest BCUT2D eigenvalue weighted by atomic mass is 16.5. The number of methoxy groups -OCH3 is 1. The maximum atomic E-state index is 10.00. The van der Waals surface area contributed by atoms with Crippen LogP contribution in [0, 0.1) is 6.92 Å². The van der Waals surface area contributed by atoms with Gasteiger partial charge in [-0.05, 0) is 42.2 Å². The van der Waals surface area contributed by atoms with Crippen molar-refractivity contribution in [1.82, 2.24) is 4.90 Å². The lowest BCUT2D eigenvalue weighted by atomic mass is 10.1. The van der Waals surface area contributed by atoms with E-state index in [0.29, 0.717) is 12.3 Å². The van der Waals surface area contributed by atoms with E-state index in [9.17, 15) is 10.2 Å². The quantitative estimate of drug-likeness (QED) is 0.778. The summed E-state index contributed by atoms with van der Waals surface area (Å²) in [6.45, 7) is 5.72. The van der Waals surface area contributed by atoms with Crippen molar-refractivity contribution in [2.75, 3.05) is 13.7 Å². The number of phenols is 1. The number of rotatable bonds is 8. The summed E-state index contributed by atoms with van der Waals surface area (Å²) in [7, 11) is 1.54. The molecule has 0 aliphatic rings. The number of hydrogen-bond donors (Lipinski definition) is 2. The summed E-state index contributed by atoms with van der Waals surface area (Å²) >= 11 is 0. The number of benzene rings is 2. The first-order valence-corrected chi connectivity index (χ1v) is 8.34. The van der Waals surface area contributed by atoms with Crippen LogP contribution in [0.5, 0.6) is 11.5 Å². The monoisotopic (exact) mass is 329 g/mol. The van der Waals surface area contributed by atoms with Crippen LogP contribution in [0.2, 0.25) is 0 Å². The van der Waals surface area contributed by atoms with E-state index < -0.39 is 0 Å². The minimum Gasteiger partial charge on any atom is -0.504 e. The number of aliphatic hydroxyl groups is 1. The molecule has 2 N–H and O–H groups in total. The minimum absolute atomic E-state index is 0.0776. The molecule has 24 heavy (non-hydrogen) atoms. The van der Waals surface area contributed by atoms with E-state index in [1.165, 1.54) is 18.2 Å². The van der Waals surface area contributed by atoms with E-state index in [-0.39, 0.29) is 18.4 Å². The summed E-state index contributed by atoms with van der Waals surface area (Å²) in [6.07, 6.45) is 0.866. The Morgan fingerprint density at radius 3 is 2.46 bits per heavy atom. The van der Waals surface area contributed by atoms with Crippen LogP contribution in [-0.2, 0) is 13.1 Å². The number of aromatic hydroxyl groups is 1. The van der Waals surface area contributed by atoms with Crippen molar-refractivity contribution >= 4 is 0 Å². The van der Waals surface area contributed by atoms with Crippen LogP contribution in [-0.4, -0.2) is 34.9 Å². The van der Waals surface area contributed by atoms with E-state index in [2.05, 4.69) is 30.9 Å². The van der Waals surface area contributed by atoms with Crippen LogP contribution in [0.15, 0.2) is 42.5 Å². The van der Waals surface area contributed by atoms with Gasteiger partial charge in [-0.1, -0.05) is 37.3 Å². The SMILES string of the molecule is CC[C@H](CO)N(Cc1ccc(OC)c(O)c1)Cc1ccccc1C. The lowest BCUT2D eigenvalue weighted by molar-refractivity contribution is 0.106. The highest BCUT2D eigenvalue weighted by Gasteiger charge is 2.18. The van der Waals surface area contributed by atoms with Crippen LogP contribution >= 0.6 is 0 Å². The molecule has 0 amide bonds.